The van der Waals surface area contributed by atoms with E-state index >= 15 is 0 Å². The molecule has 1 aliphatic heterocycles. The third kappa shape index (κ3) is 4.91. The van der Waals surface area contributed by atoms with Crippen LogP contribution in [0.4, 0.5) is 13.2 Å². The van der Waals surface area contributed by atoms with Crippen molar-refractivity contribution < 1.29 is 27.9 Å². The fraction of sp³-hybridized carbons (Fsp3) is 0.409. The molecule has 1 fully saturated rings. The quantitative estimate of drug-likeness (QED) is 0.602. The van der Waals surface area contributed by atoms with Crippen LogP contribution in [0, 0.1) is 0 Å². The zero-order valence-electron chi connectivity index (χ0n) is 17.6. The number of aromatic nitrogens is 4. The van der Waals surface area contributed by atoms with Gasteiger partial charge in [0.2, 0.25) is 5.82 Å². The second-order valence-electron chi connectivity index (χ2n) is 7.99. The Morgan fingerprint density at radius 1 is 1.16 bits per heavy atom. The second-order valence-corrected chi connectivity index (χ2v) is 7.99. The number of halogens is 3. The number of piperidine rings is 1. The van der Waals surface area contributed by atoms with Crippen molar-refractivity contribution in [3.63, 3.8) is 0 Å². The van der Waals surface area contributed by atoms with E-state index in [1.165, 1.54) is 12.1 Å². The number of aliphatic hydroxyl groups excluding tert-OH is 1. The molecule has 0 aliphatic carbocycles. The van der Waals surface area contributed by atoms with E-state index < -0.39 is 23.9 Å². The van der Waals surface area contributed by atoms with Crippen LogP contribution in [0.3, 0.4) is 0 Å². The van der Waals surface area contributed by atoms with Crippen LogP contribution in [0.1, 0.15) is 41.4 Å². The number of alkyl halides is 3. The molecule has 32 heavy (non-hydrogen) atoms. The average molecular weight is 448 g/mol. The normalized spacial score (nSPS) is 20.2. The third-order valence-corrected chi connectivity index (χ3v) is 5.86. The molecule has 10 heteroatoms. The summed E-state index contributed by atoms with van der Waals surface area (Å²) in [6.45, 7) is 1.59. The Morgan fingerprint density at radius 2 is 1.88 bits per heavy atom. The smallest absolute Gasteiger partial charge is 0.416 e. The van der Waals surface area contributed by atoms with Gasteiger partial charge in [0.25, 0.3) is 0 Å². The first-order valence-electron chi connectivity index (χ1n) is 10.4. The fourth-order valence-electron chi connectivity index (χ4n) is 4.16. The minimum absolute atomic E-state index is 0.373. The Kier molecular flexibility index (Phi) is 6.43. The molecule has 2 N–H and O–H groups in total. The molecule has 0 spiro atoms. The molecule has 0 amide bonds. The number of ether oxygens (including phenoxy) is 1. The monoisotopic (exact) mass is 448 g/mol. The SMILES string of the molecule is COc1ccc(Cn2nnnc2[C@H](c2cccc(C(F)(F)F)c2)[NH+]2CCC(O)CC2)cc1. The highest BCUT2D eigenvalue weighted by Gasteiger charge is 2.37. The van der Waals surface area contributed by atoms with E-state index in [1.807, 2.05) is 24.3 Å². The van der Waals surface area contributed by atoms with E-state index in [-0.39, 0.29) is 0 Å². The summed E-state index contributed by atoms with van der Waals surface area (Å²) in [6.07, 6.45) is -3.69. The number of nitrogens with zero attached hydrogens (tertiary/aromatic N) is 4. The van der Waals surface area contributed by atoms with Crippen molar-refractivity contribution in [2.24, 2.45) is 0 Å². The van der Waals surface area contributed by atoms with Crippen molar-refractivity contribution >= 4 is 0 Å². The van der Waals surface area contributed by atoms with Crippen molar-refractivity contribution in [3.05, 3.63) is 71.0 Å². The maximum atomic E-state index is 13.4. The molecule has 0 unspecified atom stereocenters. The number of nitrogens with one attached hydrogen (secondary N) is 1. The summed E-state index contributed by atoms with van der Waals surface area (Å²) >= 11 is 0. The van der Waals surface area contributed by atoms with Gasteiger partial charge in [0.1, 0.15) is 5.75 Å². The van der Waals surface area contributed by atoms with Gasteiger partial charge in [0.15, 0.2) is 6.04 Å². The van der Waals surface area contributed by atoms with Crippen LogP contribution >= 0.6 is 0 Å². The summed E-state index contributed by atoms with van der Waals surface area (Å²) < 4.78 is 47.0. The summed E-state index contributed by atoms with van der Waals surface area (Å²) in [4.78, 5) is 1.03. The largest absolute Gasteiger partial charge is 0.497 e. The number of hydrogen-bond donors (Lipinski definition) is 2. The summed E-state index contributed by atoms with van der Waals surface area (Å²) in [5.74, 6) is 1.22. The molecule has 4 rings (SSSR count). The Balaban J connectivity index is 1.70. The number of benzene rings is 2. The molecule has 0 saturated carbocycles. The van der Waals surface area contributed by atoms with E-state index in [4.69, 9.17) is 4.74 Å². The highest BCUT2D eigenvalue weighted by molar-refractivity contribution is 5.30. The Labute approximate surface area is 183 Å². The summed E-state index contributed by atoms with van der Waals surface area (Å²) in [7, 11) is 1.59. The topological polar surface area (TPSA) is 77.5 Å². The first-order valence-corrected chi connectivity index (χ1v) is 10.4. The Morgan fingerprint density at radius 3 is 2.53 bits per heavy atom. The van der Waals surface area contributed by atoms with Crippen LogP contribution < -0.4 is 9.64 Å². The molecule has 1 saturated heterocycles. The van der Waals surface area contributed by atoms with Gasteiger partial charge in [-0.15, -0.1) is 5.10 Å². The maximum Gasteiger partial charge on any atom is 0.416 e. The molecule has 2 aromatic carbocycles. The van der Waals surface area contributed by atoms with Crippen molar-refractivity contribution in [1.29, 1.82) is 0 Å². The highest BCUT2D eigenvalue weighted by atomic mass is 19.4. The molecule has 1 atom stereocenters. The van der Waals surface area contributed by atoms with Gasteiger partial charge in [-0.25, -0.2) is 4.68 Å². The first-order chi connectivity index (χ1) is 15.3. The van der Waals surface area contributed by atoms with Crippen LogP contribution in [0.15, 0.2) is 48.5 Å². The second kappa shape index (κ2) is 9.25. The van der Waals surface area contributed by atoms with Crippen LogP contribution in [-0.2, 0) is 12.7 Å². The first kappa shape index (κ1) is 22.2. The number of methoxy groups -OCH3 is 1. The van der Waals surface area contributed by atoms with Crippen molar-refractivity contribution in [2.45, 2.75) is 37.7 Å². The van der Waals surface area contributed by atoms with E-state index in [0.717, 1.165) is 22.3 Å². The van der Waals surface area contributed by atoms with Crippen molar-refractivity contribution in [2.75, 3.05) is 20.2 Å². The minimum atomic E-state index is -4.44. The Bertz CT molecular complexity index is 1030. The number of tetrazole rings is 1. The molecule has 2 heterocycles. The van der Waals surface area contributed by atoms with Gasteiger partial charge in [-0.05, 0) is 40.3 Å². The molecule has 3 aromatic rings. The summed E-state index contributed by atoms with van der Waals surface area (Å²) in [5, 5.41) is 22.1. The van der Waals surface area contributed by atoms with E-state index in [0.29, 0.717) is 43.9 Å². The van der Waals surface area contributed by atoms with Crippen LogP contribution in [0.5, 0.6) is 5.75 Å². The number of likely N-dealkylation sites (tertiary alicyclic amines) is 1. The van der Waals surface area contributed by atoms with Gasteiger partial charge in [0.05, 0.1) is 38.4 Å². The van der Waals surface area contributed by atoms with Gasteiger partial charge in [-0.3, -0.25) is 0 Å². The molecular weight excluding hydrogens is 423 g/mol. The fourth-order valence-corrected chi connectivity index (χ4v) is 4.16. The lowest BCUT2D eigenvalue weighted by molar-refractivity contribution is -0.932. The zero-order chi connectivity index (χ0) is 22.7. The highest BCUT2D eigenvalue weighted by Crippen LogP contribution is 2.31. The van der Waals surface area contributed by atoms with Crippen molar-refractivity contribution in [1.82, 2.24) is 20.2 Å². The predicted molar refractivity (Wildman–Crippen MR) is 109 cm³/mol. The van der Waals surface area contributed by atoms with Crippen LogP contribution in [-0.4, -0.2) is 51.6 Å². The third-order valence-electron chi connectivity index (χ3n) is 5.86. The lowest BCUT2D eigenvalue weighted by Gasteiger charge is -2.33. The van der Waals surface area contributed by atoms with Gasteiger partial charge in [-0.1, -0.05) is 24.3 Å². The minimum Gasteiger partial charge on any atom is -0.497 e. The molecule has 7 nitrogen and oxygen atoms in total. The average Bonchev–Trinajstić information content (AvgIpc) is 3.23. The zero-order valence-corrected chi connectivity index (χ0v) is 17.6. The lowest BCUT2D eigenvalue weighted by Crippen LogP contribution is -3.13. The molecule has 0 bridgehead atoms. The van der Waals surface area contributed by atoms with Gasteiger partial charge in [0, 0.05) is 18.4 Å². The van der Waals surface area contributed by atoms with E-state index in [1.54, 1.807) is 17.9 Å². The lowest BCUT2D eigenvalue weighted by atomic mass is 9.98. The molecule has 0 radical (unpaired) electrons. The van der Waals surface area contributed by atoms with Crippen LogP contribution in [0.25, 0.3) is 0 Å². The van der Waals surface area contributed by atoms with E-state index in [2.05, 4.69) is 15.5 Å². The van der Waals surface area contributed by atoms with E-state index in [9.17, 15) is 18.3 Å². The summed E-state index contributed by atoms with van der Waals surface area (Å²) in [6, 6.07) is 12.3. The van der Waals surface area contributed by atoms with Gasteiger partial charge >= 0.3 is 6.18 Å². The molecule has 1 aromatic heterocycles. The number of aliphatic hydroxyl groups is 1. The maximum absolute atomic E-state index is 13.4. The van der Waals surface area contributed by atoms with Gasteiger partial charge < -0.3 is 14.7 Å². The Hall–Kier alpha value is -2.98. The summed E-state index contributed by atoms with van der Waals surface area (Å²) in [5.41, 5.74) is 0.730. The van der Waals surface area contributed by atoms with Gasteiger partial charge in [-0.2, -0.15) is 13.2 Å². The van der Waals surface area contributed by atoms with Crippen LogP contribution in [0.2, 0.25) is 0 Å². The standard InChI is InChI=1S/C22H24F3N5O2/c1-32-19-7-5-15(6-8-19)14-30-21(26-27-28-30)20(29-11-9-18(31)10-12-29)16-3-2-4-17(13-16)22(23,24)25/h2-8,13,18,20,31H,9-12,14H2,1H3/p+1/t20-/m0/s1. The molecule has 1 aliphatic rings. The number of rotatable bonds is 6. The van der Waals surface area contributed by atoms with Crippen molar-refractivity contribution in [3.8, 4) is 5.75 Å². The molecule has 170 valence electrons. The predicted octanol–water partition coefficient (Wildman–Crippen LogP) is 1.88. The number of hydrogen-bond acceptors (Lipinski definition) is 5. The molecular formula is C22H25F3N5O2+. The number of quaternary nitrogens is 1.